The van der Waals surface area contributed by atoms with Crippen molar-refractivity contribution in [3.8, 4) is 0 Å². The number of hydrogen-bond acceptors (Lipinski definition) is 3. The summed E-state index contributed by atoms with van der Waals surface area (Å²) >= 11 is 0. The lowest BCUT2D eigenvalue weighted by molar-refractivity contribution is 0.112. The zero-order chi connectivity index (χ0) is 12.3. The van der Waals surface area contributed by atoms with Crippen molar-refractivity contribution in [1.29, 1.82) is 5.53 Å². The van der Waals surface area contributed by atoms with Crippen molar-refractivity contribution in [2.75, 3.05) is 5.32 Å². The van der Waals surface area contributed by atoms with Crippen LogP contribution in [0.5, 0.6) is 0 Å². The van der Waals surface area contributed by atoms with Crippen molar-refractivity contribution in [3.05, 3.63) is 42.0 Å². The molecule has 2 amide bonds. The molecule has 0 fully saturated rings. The Hall–Kier alpha value is -2.56. The van der Waals surface area contributed by atoms with Crippen molar-refractivity contribution >= 4 is 28.8 Å². The van der Waals surface area contributed by atoms with E-state index in [0.29, 0.717) is 17.5 Å². The fraction of sp³-hybridized carbons (Fsp3) is 0. The number of hydrogen-bond donors (Lipinski definition) is 2. The standard InChI is InChI=1S/C12H9N3O2/c13-15-12(17)14-11-9(7-16)6-5-8-3-1-2-4-10(8)11/h1-7,13H,(H,14,17). The molecule has 0 radical (unpaired) electrons. The second-order valence-corrected chi connectivity index (χ2v) is 3.41. The molecule has 84 valence electrons. The lowest BCUT2D eigenvalue weighted by Crippen LogP contribution is -2.07. The van der Waals surface area contributed by atoms with E-state index in [4.69, 9.17) is 5.53 Å². The highest BCUT2D eigenvalue weighted by Gasteiger charge is 2.09. The molecule has 0 heterocycles. The summed E-state index contributed by atoms with van der Waals surface area (Å²) in [5, 5.41) is 6.83. The first-order valence-electron chi connectivity index (χ1n) is 4.91. The summed E-state index contributed by atoms with van der Waals surface area (Å²) in [4.78, 5) is 22.0. The molecule has 0 spiro atoms. The molecule has 5 nitrogen and oxygen atoms in total. The highest BCUT2D eigenvalue weighted by Crippen LogP contribution is 2.26. The van der Waals surface area contributed by atoms with E-state index >= 15 is 0 Å². The summed E-state index contributed by atoms with van der Waals surface area (Å²) in [5.74, 6) is 0. The van der Waals surface area contributed by atoms with Crippen LogP contribution in [-0.4, -0.2) is 12.3 Å². The number of aldehydes is 1. The molecule has 0 aliphatic rings. The number of benzene rings is 2. The molecule has 0 aliphatic heterocycles. The number of nitrogens with zero attached hydrogens (tertiary/aromatic N) is 1. The third-order valence-electron chi connectivity index (χ3n) is 2.42. The van der Waals surface area contributed by atoms with E-state index in [9.17, 15) is 9.59 Å². The van der Waals surface area contributed by atoms with Gasteiger partial charge in [0.05, 0.1) is 5.69 Å². The van der Waals surface area contributed by atoms with E-state index in [2.05, 4.69) is 10.4 Å². The number of urea groups is 1. The van der Waals surface area contributed by atoms with E-state index in [1.165, 1.54) is 0 Å². The van der Waals surface area contributed by atoms with Gasteiger partial charge < -0.3 is 5.32 Å². The molecule has 0 saturated heterocycles. The third-order valence-corrected chi connectivity index (χ3v) is 2.42. The smallest absolute Gasteiger partial charge is 0.303 e. The molecule has 0 saturated carbocycles. The minimum atomic E-state index is -0.801. The van der Waals surface area contributed by atoms with Crippen LogP contribution >= 0.6 is 0 Å². The Bertz CT molecular complexity index is 608. The maximum atomic E-state index is 11.1. The number of fused-ring (bicyclic) bond motifs is 1. The van der Waals surface area contributed by atoms with E-state index in [1.54, 1.807) is 18.2 Å². The van der Waals surface area contributed by atoms with Crippen molar-refractivity contribution in [2.24, 2.45) is 5.11 Å². The lowest BCUT2D eigenvalue weighted by atomic mass is 10.0. The van der Waals surface area contributed by atoms with Gasteiger partial charge in [-0.3, -0.25) is 4.79 Å². The number of carbonyl (C=O) groups excluding carboxylic acids is 2. The van der Waals surface area contributed by atoms with Gasteiger partial charge in [0.2, 0.25) is 0 Å². The van der Waals surface area contributed by atoms with Gasteiger partial charge in [0.1, 0.15) is 0 Å². The third kappa shape index (κ3) is 2.03. The Kier molecular flexibility index (Phi) is 2.91. The van der Waals surface area contributed by atoms with Crippen LogP contribution in [0.4, 0.5) is 10.5 Å². The molecule has 0 aromatic heterocycles. The molecule has 2 aromatic carbocycles. The summed E-state index contributed by atoms with van der Waals surface area (Å²) in [7, 11) is 0. The van der Waals surface area contributed by atoms with Gasteiger partial charge in [-0.25, -0.2) is 4.79 Å². The molecular formula is C12H9N3O2. The SMILES string of the molecule is N=NC(=O)Nc1c(C=O)ccc2ccccc12. The summed E-state index contributed by atoms with van der Waals surface area (Å²) < 4.78 is 0. The topological polar surface area (TPSA) is 82.4 Å². The Balaban J connectivity index is 2.66. The predicted molar refractivity (Wildman–Crippen MR) is 63.5 cm³/mol. The van der Waals surface area contributed by atoms with Crippen LogP contribution in [0.2, 0.25) is 0 Å². The van der Waals surface area contributed by atoms with E-state index in [1.807, 2.05) is 18.2 Å². The average Bonchev–Trinajstić information content (AvgIpc) is 2.39. The average molecular weight is 227 g/mol. The maximum Gasteiger partial charge on any atom is 0.363 e. The van der Waals surface area contributed by atoms with Gasteiger partial charge in [0, 0.05) is 10.9 Å². The normalized spacial score (nSPS) is 9.88. The van der Waals surface area contributed by atoms with Gasteiger partial charge in [-0.1, -0.05) is 35.4 Å². The molecule has 5 heteroatoms. The van der Waals surface area contributed by atoms with Crippen molar-refractivity contribution < 1.29 is 9.59 Å². The summed E-state index contributed by atoms with van der Waals surface area (Å²) in [6.07, 6.45) is 0.659. The van der Waals surface area contributed by atoms with Crippen LogP contribution in [0.1, 0.15) is 10.4 Å². The molecule has 17 heavy (non-hydrogen) atoms. The molecule has 0 unspecified atom stereocenters. The van der Waals surface area contributed by atoms with Gasteiger partial charge in [-0.05, 0) is 11.5 Å². The Morgan fingerprint density at radius 1 is 1.24 bits per heavy atom. The second-order valence-electron chi connectivity index (χ2n) is 3.41. The van der Waals surface area contributed by atoms with Gasteiger partial charge in [0.15, 0.2) is 6.29 Å². The predicted octanol–water partition coefficient (Wildman–Crippen LogP) is 3.22. The molecule has 0 aliphatic carbocycles. The van der Waals surface area contributed by atoms with Crippen molar-refractivity contribution in [3.63, 3.8) is 0 Å². The van der Waals surface area contributed by atoms with Crippen LogP contribution in [-0.2, 0) is 0 Å². The fourth-order valence-corrected chi connectivity index (χ4v) is 1.66. The monoisotopic (exact) mass is 227 g/mol. The van der Waals surface area contributed by atoms with Crippen molar-refractivity contribution in [2.45, 2.75) is 0 Å². The first-order chi connectivity index (χ1) is 8.26. The highest BCUT2D eigenvalue weighted by molar-refractivity contribution is 6.07. The number of carbonyl (C=O) groups is 2. The largest absolute Gasteiger partial charge is 0.363 e. The van der Waals surface area contributed by atoms with Gasteiger partial charge in [-0.15, -0.1) is 0 Å². The highest BCUT2D eigenvalue weighted by atomic mass is 16.2. The summed E-state index contributed by atoms with van der Waals surface area (Å²) in [6, 6.07) is 9.96. The number of rotatable bonds is 2. The Morgan fingerprint density at radius 2 is 2.00 bits per heavy atom. The zero-order valence-corrected chi connectivity index (χ0v) is 8.81. The first-order valence-corrected chi connectivity index (χ1v) is 4.91. The first kappa shape index (κ1) is 10.9. The second kappa shape index (κ2) is 4.52. The van der Waals surface area contributed by atoms with Crippen LogP contribution in [0.3, 0.4) is 0 Å². The number of anilines is 1. The maximum absolute atomic E-state index is 11.1. The van der Waals surface area contributed by atoms with Crippen molar-refractivity contribution in [1.82, 2.24) is 0 Å². The molecule has 2 rings (SSSR count). The Morgan fingerprint density at radius 3 is 2.71 bits per heavy atom. The molecular weight excluding hydrogens is 218 g/mol. The van der Waals surface area contributed by atoms with Crippen LogP contribution in [0, 0.1) is 5.53 Å². The van der Waals surface area contributed by atoms with Gasteiger partial charge >= 0.3 is 6.03 Å². The van der Waals surface area contributed by atoms with Crippen LogP contribution in [0.15, 0.2) is 41.5 Å². The Labute approximate surface area is 97.0 Å². The summed E-state index contributed by atoms with van der Waals surface area (Å²) in [6.45, 7) is 0. The van der Waals surface area contributed by atoms with Gasteiger partial charge in [-0.2, -0.15) is 5.53 Å². The number of nitrogens with one attached hydrogen (secondary N) is 2. The quantitative estimate of drug-likeness (QED) is 0.610. The van der Waals surface area contributed by atoms with Gasteiger partial charge in [0.25, 0.3) is 0 Å². The zero-order valence-electron chi connectivity index (χ0n) is 8.81. The number of amides is 2. The molecule has 0 atom stereocenters. The van der Waals surface area contributed by atoms with Crippen LogP contribution in [0.25, 0.3) is 10.8 Å². The molecule has 2 aromatic rings. The minimum absolute atomic E-state index is 0.362. The van der Waals surface area contributed by atoms with E-state index in [-0.39, 0.29) is 0 Å². The molecule has 2 N–H and O–H groups in total. The lowest BCUT2D eigenvalue weighted by Gasteiger charge is -2.08. The fourth-order valence-electron chi connectivity index (χ4n) is 1.66. The minimum Gasteiger partial charge on any atom is -0.303 e. The van der Waals surface area contributed by atoms with E-state index in [0.717, 1.165) is 10.8 Å². The summed E-state index contributed by atoms with van der Waals surface area (Å²) in [5.41, 5.74) is 7.37. The van der Waals surface area contributed by atoms with E-state index < -0.39 is 6.03 Å². The van der Waals surface area contributed by atoms with Crippen LogP contribution < -0.4 is 5.32 Å². The molecule has 0 bridgehead atoms.